The molecule has 1 aliphatic carbocycles. The van der Waals surface area contributed by atoms with Gasteiger partial charge in [-0.25, -0.2) is 0 Å². The Morgan fingerprint density at radius 1 is 1.00 bits per heavy atom. The zero-order valence-electron chi connectivity index (χ0n) is 14.9. The number of hydrogen-bond acceptors (Lipinski definition) is 3. The molecule has 0 spiro atoms. The van der Waals surface area contributed by atoms with E-state index in [1.807, 2.05) is 12.1 Å². The maximum atomic E-state index is 5.51. The minimum atomic E-state index is 0.299. The van der Waals surface area contributed by atoms with Crippen LogP contribution in [0, 0.1) is 0 Å². The maximum Gasteiger partial charge on any atom is 0.165 e. The molecule has 0 aromatic heterocycles. The van der Waals surface area contributed by atoms with E-state index < -0.39 is 0 Å². The summed E-state index contributed by atoms with van der Waals surface area (Å²) in [6.07, 6.45) is 5.10. The van der Waals surface area contributed by atoms with E-state index >= 15 is 0 Å². The smallest absolute Gasteiger partial charge is 0.165 e. The molecule has 0 amide bonds. The highest BCUT2D eigenvalue weighted by atomic mass is 16.5. The Hall–Kier alpha value is -2.00. The molecule has 3 rings (SSSR count). The molecule has 1 unspecified atom stereocenters. The van der Waals surface area contributed by atoms with Crippen LogP contribution in [0.4, 0.5) is 0 Å². The summed E-state index contributed by atoms with van der Waals surface area (Å²) in [5, 5.41) is 3.61. The minimum absolute atomic E-state index is 0.299. The number of ether oxygens (including phenoxy) is 2. The molecule has 2 aromatic rings. The molecule has 24 heavy (non-hydrogen) atoms. The molecule has 0 heterocycles. The van der Waals surface area contributed by atoms with Crippen LogP contribution >= 0.6 is 0 Å². The Bertz CT molecular complexity index is 696. The first-order valence-electron chi connectivity index (χ1n) is 8.78. The van der Waals surface area contributed by atoms with Crippen LogP contribution in [-0.2, 0) is 19.4 Å². The SMILES string of the molecule is COc1cccc(CNC(C)c2ccc3c(c2)CCCC3)c1OC. The van der Waals surface area contributed by atoms with Gasteiger partial charge in [-0.1, -0.05) is 30.3 Å². The minimum Gasteiger partial charge on any atom is -0.493 e. The van der Waals surface area contributed by atoms with Crippen molar-refractivity contribution in [2.24, 2.45) is 0 Å². The Kier molecular flexibility index (Phi) is 5.41. The van der Waals surface area contributed by atoms with Crippen LogP contribution in [0.5, 0.6) is 11.5 Å². The van der Waals surface area contributed by atoms with Crippen LogP contribution in [0.15, 0.2) is 36.4 Å². The van der Waals surface area contributed by atoms with E-state index in [2.05, 4.69) is 36.5 Å². The average Bonchev–Trinajstić information content (AvgIpc) is 2.65. The normalized spacial score (nSPS) is 14.8. The molecule has 1 atom stereocenters. The van der Waals surface area contributed by atoms with Gasteiger partial charge in [0.1, 0.15) is 0 Å². The monoisotopic (exact) mass is 325 g/mol. The number of rotatable bonds is 6. The molecule has 0 saturated carbocycles. The highest BCUT2D eigenvalue weighted by molar-refractivity contribution is 5.46. The highest BCUT2D eigenvalue weighted by Crippen LogP contribution is 2.31. The van der Waals surface area contributed by atoms with Crippen molar-refractivity contribution < 1.29 is 9.47 Å². The zero-order valence-corrected chi connectivity index (χ0v) is 14.9. The summed E-state index contributed by atoms with van der Waals surface area (Å²) in [7, 11) is 3.36. The van der Waals surface area contributed by atoms with Crippen molar-refractivity contribution >= 4 is 0 Å². The Morgan fingerprint density at radius 2 is 1.79 bits per heavy atom. The number of fused-ring (bicyclic) bond motifs is 1. The standard InChI is InChI=1S/C21H27NO2/c1-15(17-12-11-16-7-4-5-8-18(16)13-17)22-14-19-9-6-10-20(23-2)21(19)24-3/h6,9-13,15,22H,4-5,7-8,14H2,1-3H3. The summed E-state index contributed by atoms with van der Waals surface area (Å²) in [4.78, 5) is 0. The molecule has 0 saturated heterocycles. The van der Waals surface area contributed by atoms with Gasteiger partial charge >= 0.3 is 0 Å². The van der Waals surface area contributed by atoms with Crippen molar-refractivity contribution in [3.63, 3.8) is 0 Å². The fourth-order valence-corrected chi connectivity index (χ4v) is 3.50. The van der Waals surface area contributed by atoms with Crippen LogP contribution in [-0.4, -0.2) is 14.2 Å². The molecule has 0 fully saturated rings. The van der Waals surface area contributed by atoms with Crippen molar-refractivity contribution in [1.82, 2.24) is 5.32 Å². The van der Waals surface area contributed by atoms with Crippen LogP contribution in [0.25, 0.3) is 0 Å². The summed E-state index contributed by atoms with van der Waals surface area (Å²) < 4.78 is 10.9. The quantitative estimate of drug-likeness (QED) is 0.852. The second-order valence-corrected chi connectivity index (χ2v) is 6.49. The first-order valence-corrected chi connectivity index (χ1v) is 8.78. The predicted molar refractivity (Wildman–Crippen MR) is 97.9 cm³/mol. The Morgan fingerprint density at radius 3 is 2.54 bits per heavy atom. The number of methoxy groups -OCH3 is 2. The lowest BCUT2D eigenvalue weighted by Crippen LogP contribution is -2.19. The van der Waals surface area contributed by atoms with Gasteiger partial charge in [-0.15, -0.1) is 0 Å². The van der Waals surface area contributed by atoms with Gasteiger partial charge in [-0.05, 0) is 55.4 Å². The second-order valence-electron chi connectivity index (χ2n) is 6.49. The van der Waals surface area contributed by atoms with Crippen LogP contribution in [0.3, 0.4) is 0 Å². The van der Waals surface area contributed by atoms with Gasteiger partial charge in [0, 0.05) is 18.2 Å². The molecule has 1 N–H and O–H groups in total. The lowest BCUT2D eigenvalue weighted by Gasteiger charge is -2.21. The van der Waals surface area contributed by atoms with Gasteiger partial charge in [0.25, 0.3) is 0 Å². The third-order valence-corrected chi connectivity index (χ3v) is 4.96. The fraction of sp³-hybridized carbons (Fsp3) is 0.429. The summed E-state index contributed by atoms with van der Waals surface area (Å²) >= 11 is 0. The van der Waals surface area contributed by atoms with Crippen LogP contribution in [0.1, 0.15) is 48.1 Å². The molecule has 0 bridgehead atoms. The van der Waals surface area contributed by atoms with Crippen molar-refractivity contribution in [1.29, 1.82) is 0 Å². The van der Waals surface area contributed by atoms with E-state index in [-0.39, 0.29) is 0 Å². The fourth-order valence-electron chi connectivity index (χ4n) is 3.50. The first kappa shape index (κ1) is 16.8. The zero-order chi connectivity index (χ0) is 16.9. The van der Waals surface area contributed by atoms with Gasteiger partial charge in [0.2, 0.25) is 0 Å². The van der Waals surface area contributed by atoms with Gasteiger partial charge in [0.05, 0.1) is 14.2 Å². The molecule has 3 nitrogen and oxygen atoms in total. The molecular weight excluding hydrogens is 298 g/mol. The summed E-state index contributed by atoms with van der Waals surface area (Å²) in [5.41, 5.74) is 5.54. The van der Waals surface area contributed by atoms with E-state index in [9.17, 15) is 0 Å². The van der Waals surface area contributed by atoms with Crippen molar-refractivity contribution in [2.45, 2.75) is 45.2 Å². The number of benzene rings is 2. The van der Waals surface area contributed by atoms with Gasteiger partial charge in [0.15, 0.2) is 11.5 Å². The predicted octanol–water partition coefficient (Wildman–Crippen LogP) is 4.43. The first-order chi connectivity index (χ1) is 11.7. The van der Waals surface area contributed by atoms with E-state index in [0.717, 1.165) is 23.6 Å². The maximum absolute atomic E-state index is 5.51. The lowest BCUT2D eigenvalue weighted by molar-refractivity contribution is 0.350. The van der Waals surface area contributed by atoms with Crippen molar-refractivity contribution in [2.75, 3.05) is 14.2 Å². The highest BCUT2D eigenvalue weighted by Gasteiger charge is 2.14. The Balaban J connectivity index is 1.71. The molecular formula is C21H27NO2. The average molecular weight is 325 g/mol. The summed E-state index contributed by atoms with van der Waals surface area (Å²) in [6.45, 7) is 2.97. The molecule has 128 valence electrons. The van der Waals surface area contributed by atoms with E-state index in [4.69, 9.17) is 9.47 Å². The third kappa shape index (κ3) is 3.57. The van der Waals surface area contributed by atoms with E-state index in [1.54, 1.807) is 14.2 Å². The Labute approximate surface area is 145 Å². The third-order valence-electron chi connectivity index (χ3n) is 4.96. The second kappa shape index (κ2) is 7.71. The molecule has 0 aliphatic heterocycles. The number of para-hydroxylation sites is 1. The summed E-state index contributed by atoms with van der Waals surface area (Å²) in [6, 6.07) is 13.3. The van der Waals surface area contributed by atoms with Crippen molar-refractivity contribution in [3.8, 4) is 11.5 Å². The molecule has 0 radical (unpaired) electrons. The number of hydrogen-bond donors (Lipinski definition) is 1. The van der Waals surface area contributed by atoms with E-state index in [0.29, 0.717) is 6.04 Å². The van der Waals surface area contributed by atoms with Gasteiger partial charge in [-0.2, -0.15) is 0 Å². The number of nitrogens with one attached hydrogen (secondary N) is 1. The van der Waals surface area contributed by atoms with Crippen LogP contribution < -0.4 is 14.8 Å². The topological polar surface area (TPSA) is 30.5 Å². The van der Waals surface area contributed by atoms with E-state index in [1.165, 1.54) is 42.4 Å². The largest absolute Gasteiger partial charge is 0.493 e. The van der Waals surface area contributed by atoms with Gasteiger partial charge in [-0.3, -0.25) is 0 Å². The van der Waals surface area contributed by atoms with Crippen LogP contribution in [0.2, 0.25) is 0 Å². The number of aryl methyl sites for hydroxylation is 2. The van der Waals surface area contributed by atoms with Crippen molar-refractivity contribution in [3.05, 3.63) is 58.7 Å². The molecule has 2 aromatic carbocycles. The molecule has 3 heteroatoms. The summed E-state index contributed by atoms with van der Waals surface area (Å²) in [5.74, 6) is 1.59. The lowest BCUT2D eigenvalue weighted by atomic mass is 9.89. The van der Waals surface area contributed by atoms with Gasteiger partial charge < -0.3 is 14.8 Å². The molecule has 1 aliphatic rings.